The van der Waals surface area contributed by atoms with Crippen LogP contribution in [0.3, 0.4) is 0 Å². The van der Waals surface area contributed by atoms with Gasteiger partial charge in [-0.15, -0.1) is 0 Å². The van der Waals surface area contributed by atoms with Gasteiger partial charge in [-0.1, -0.05) is 96.8 Å². The Morgan fingerprint density at radius 1 is 0.917 bits per heavy atom. The number of nitrogens with two attached hydrogens (primary N) is 1. The molecule has 0 spiro atoms. The number of unbranched alkanes of at least 4 members (excludes halogenated alkanes) is 14. The van der Waals surface area contributed by atoms with Crippen LogP contribution in [0.25, 0.3) is 0 Å². The molecule has 1 saturated heterocycles. The zero-order chi connectivity index (χ0) is 26.3. The van der Waals surface area contributed by atoms with Crippen molar-refractivity contribution in [3.8, 4) is 0 Å². The third-order valence-corrected chi connectivity index (χ3v) is 7.08. The Morgan fingerprint density at radius 3 is 1.89 bits per heavy atom. The average molecular weight is 510 g/mol. The first-order valence-electron chi connectivity index (χ1n) is 13.9. The Labute approximate surface area is 215 Å². The Kier molecular flexibility index (Phi) is 14.2. The van der Waals surface area contributed by atoms with Crippen LogP contribution >= 0.6 is 0 Å². The minimum absolute atomic E-state index is 0.0951. The lowest BCUT2D eigenvalue weighted by Gasteiger charge is -2.18. The summed E-state index contributed by atoms with van der Waals surface area (Å²) < 4.78 is 6.35. The van der Waals surface area contributed by atoms with Gasteiger partial charge in [0.2, 0.25) is 0 Å². The molecule has 0 aliphatic carbocycles. The average Bonchev–Trinajstić information content (AvgIpc) is 3.14. The molecule has 1 fully saturated rings. The molecule has 1 aromatic heterocycles. The molecule has 4 atom stereocenters. The van der Waals surface area contributed by atoms with E-state index in [1.807, 2.05) is 0 Å². The van der Waals surface area contributed by atoms with Crippen molar-refractivity contribution in [2.45, 2.75) is 134 Å². The normalized spacial score (nSPS) is 21.8. The van der Waals surface area contributed by atoms with Gasteiger partial charge in [0.25, 0.3) is 0 Å². The molecule has 9 nitrogen and oxygen atoms in total. The maximum Gasteiger partial charge on any atom is 0.351 e. The van der Waals surface area contributed by atoms with Gasteiger partial charge in [0.1, 0.15) is 24.1 Å². The molecule has 0 aromatic carbocycles. The van der Waals surface area contributed by atoms with Crippen molar-refractivity contribution in [1.29, 1.82) is 0 Å². The molecule has 0 unspecified atom stereocenters. The highest BCUT2D eigenvalue weighted by molar-refractivity contribution is 5.99. The van der Waals surface area contributed by atoms with Crippen molar-refractivity contribution < 1.29 is 24.9 Å². The largest absolute Gasteiger partial charge is 0.394 e. The van der Waals surface area contributed by atoms with E-state index in [-0.39, 0.29) is 23.6 Å². The summed E-state index contributed by atoms with van der Waals surface area (Å²) in [5, 5.41) is 29.4. The van der Waals surface area contributed by atoms with Gasteiger partial charge in [-0.25, -0.2) is 4.79 Å². The molecule has 5 N–H and O–H groups in total. The fourth-order valence-electron chi connectivity index (χ4n) is 4.78. The van der Waals surface area contributed by atoms with E-state index in [1.165, 1.54) is 83.2 Å². The van der Waals surface area contributed by atoms with Gasteiger partial charge in [-0.05, 0) is 6.42 Å². The van der Waals surface area contributed by atoms with Crippen molar-refractivity contribution in [3.63, 3.8) is 0 Å². The van der Waals surface area contributed by atoms with Gasteiger partial charge >= 0.3 is 5.69 Å². The third kappa shape index (κ3) is 9.57. The zero-order valence-electron chi connectivity index (χ0n) is 21.9. The number of nitrogen functional groups attached to an aromatic ring is 1. The number of carbonyl (C=O) groups excluding carboxylic acids is 1. The third-order valence-electron chi connectivity index (χ3n) is 7.08. The van der Waals surface area contributed by atoms with E-state index in [9.17, 15) is 24.9 Å². The first kappa shape index (κ1) is 30.4. The fraction of sp³-hybridized carbons (Fsp3) is 0.815. The summed E-state index contributed by atoms with van der Waals surface area (Å²) in [6, 6.07) is 0. The number of aliphatic hydroxyl groups is 3. The van der Waals surface area contributed by atoms with E-state index in [2.05, 4.69) is 11.9 Å². The number of Topliss-reactive ketones (excluding diaryl/α,β-unsaturated/α-hetero) is 1. The first-order valence-corrected chi connectivity index (χ1v) is 13.9. The Hall–Kier alpha value is -1.81. The highest BCUT2D eigenvalue weighted by Gasteiger charge is 2.44. The number of hydrogen-bond donors (Lipinski definition) is 4. The second kappa shape index (κ2) is 16.8. The molecule has 1 aromatic rings. The van der Waals surface area contributed by atoms with Crippen LogP contribution in [0.4, 0.5) is 5.82 Å². The van der Waals surface area contributed by atoms with E-state index >= 15 is 0 Å². The fourth-order valence-corrected chi connectivity index (χ4v) is 4.78. The number of hydrogen-bond acceptors (Lipinski definition) is 8. The summed E-state index contributed by atoms with van der Waals surface area (Å²) >= 11 is 0. The predicted octanol–water partition coefficient (Wildman–Crippen LogP) is 3.88. The van der Waals surface area contributed by atoms with Crippen molar-refractivity contribution in [2.24, 2.45) is 0 Å². The predicted molar refractivity (Wildman–Crippen MR) is 140 cm³/mol. The topological polar surface area (TPSA) is 148 Å². The summed E-state index contributed by atoms with van der Waals surface area (Å²) in [5.74, 6) is -0.385. The maximum absolute atomic E-state index is 12.7. The number of carbonyl (C=O) groups is 1. The van der Waals surface area contributed by atoms with Crippen molar-refractivity contribution in [2.75, 3.05) is 12.3 Å². The number of ketones is 1. The second-order valence-electron chi connectivity index (χ2n) is 10.1. The molecule has 0 radical (unpaired) electrons. The van der Waals surface area contributed by atoms with Gasteiger partial charge < -0.3 is 25.8 Å². The Morgan fingerprint density at radius 2 is 1.42 bits per heavy atom. The lowest BCUT2D eigenvalue weighted by Crippen LogP contribution is -2.36. The van der Waals surface area contributed by atoms with E-state index in [4.69, 9.17) is 10.5 Å². The smallest absolute Gasteiger partial charge is 0.351 e. The number of aromatic nitrogens is 2. The second-order valence-corrected chi connectivity index (χ2v) is 10.1. The van der Waals surface area contributed by atoms with E-state index < -0.39 is 36.8 Å². The van der Waals surface area contributed by atoms with Crippen LogP contribution in [0.2, 0.25) is 0 Å². The van der Waals surface area contributed by atoms with Crippen LogP contribution < -0.4 is 11.4 Å². The molecular formula is C27H47N3O6. The highest BCUT2D eigenvalue weighted by Crippen LogP contribution is 2.28. The summed E-state index contributed by atoms with van der Waals surface area (Å²) in [6.07, 6.45) is 15.1. The molecule has 0 saturated carbocycles. The maximum atomic E-state index is 12.7. The van der Waals surface area contributed by atoms with Crippen LogP contribution in [0.5, 0.6) is 0 Å². The van der Waals surface area contributed by atoms with Crippen LogP contribution in [0.1, 0.15) is 126 Å². The van der Waals surface area contributed by atoms with E-state index in [0.717, 1.165) is 23.8 Å². The summed E-state index contributed by atoms with van der Waals surface area (Å²) in [7, 11) is 0. The number of ether oxygens (including phenoxy) is 1. The highest BCUT2D eigenvalue weighted by atomic mass is 16.6. The van der Waals surface area contributed by atoms with Crippen molar-refractivity contribution >= 4 is 11.6 Å². The quantitative estimate of drug-likeness (QED) is 0.162. The molecule has 0 amide bonds. The molecule has 0 bridgehead atoms. The number of aliphatic hydroxyl groups excluding tert-OH is 3. The van der Waals surface area contributed by atoms with Crippen LogP contribution in [-0.2, 0) is 4.74 Å². The van der Waals surface area contributed by atoms with Crippen molar-refractivity contribution in [3.05, 3.63) is 22.2 Å². The summed E-state index contributed by atoms with van der Waals surface area (Å²) in [5.41, 5.74) is 5.12. The number of anilines is 1. The lowest BCUT2D eigenvalue weighted by atomic mass is 10.0. The molecule has 206 valence electrons. The van der Waals surface area contributed by atoms with Crippen LogP contribution in [0, 0.1) is 0 Å². The van der Waals surface area contributed by atoms with Gasteiger partial charge in [-0.2, -0.15) is 4.98 Å². The van der Waals surface area contributed by atoms with Crippen LogP contribution in [0.15, 0.2) is 11.0 Å². The molecule has 1 aliphatic rings. The monoisotopic (exact) mass is 509 g/mol. The minimum Gasteiger partial charge on any atom is -0.394 e. The first-order chi connectivity index (χ1) is 17.4. The zero-order valence-corrected chi connectivity index (χ0v) is 21.9. The van der Waals surface area contributed by atoms with Gasteiger partial charge in [0.05, 0.1) is 12.2 Å². The molecule has 36 heavy (non-hydrogen) atoms. The molecule has 9 heteroatoms. The SMILES string of the molecule is CCCCCCCCCCCCCCCCCC(=O)c1cn([C@@H]2O[C@H](CO)[C@@H](O)[C@@H]2O)c(=O)nc1N. The standard InChI is InChI=1S/C27H47N3O6/c1-2-3-4-5-6-7-8-9-10-11-12-13-14-15-16-17-21(32)20-18-30(27(35)29-25(20)28)26-24(34)23(33)22(19-31)36-26/h18,22-24,26,31,33-34H,2-17,19H2,1H3,(H2,28,29,35)/t22-,23-,24+,26-/m1/s1. The molecule has 2 heterocycles. The van der Waals surface area contributed by atoms with E-state index in [1.54, 1.807) is 0 Å². The summed E-state index contributed by atoms with van der Waals surface area (Å²) in [4.78, 5) is 28.7. The molecule has 2 rings (SSSR count). The van der Waals surface area contributed by atoms with E-state index in [0.29, 0.717) is 0 Å². The van der Waals surface area contributed by atoms with Gasteiger partial charge in [-0.3, -0.25) is 9.36 Å². The lowest BCUT2D eigenvalue weighted by molar-refractivity contribution is -0.0550. The van der Waals surface area contributed by atoms with Gasteiger partial charge in [0, 0.05) is 12.6 Å². The Balaban J connectivity index is 1.64. The van der Waals surface area contributed by atoms with Crippen molar-refractivity contribution in [1.82, 2.24) is 9.55 Å². The molecular weight excluding hydrogens is 462 g/mol. The Bertz CT molecular complexity index is 830. The van der Waals surface area contributed by atoms with Crippen LogP contribution in [-0.4, -0.2) is 55.6 Å². The van der Waals surface area contributed by atoms with Gasteiger partial charge in [0.15, 0.2) is 12.0 Å². The molecule has 1 aliphatic heterocycles. The summed E-state index contributed by atoms with van der Waals surface area (Å²) in [6.45, 7) is 1.73. The minimum atomic E-state index is -1.44. The number of rotatable bonds is 19. The number of nitrogens with zero attached hydrogens (tertiary/aromatic N) is 2.